The summed E-state index contributed by atoms with van der Waals surface area (Å²) in [5.41, 5.74) is 13.0. The zero-order valence-electron chi connectivity index (χ0n) is 17.7. The Bertz CT molecular complexity index is 1230. The quantitative estimate of drug-likeness (QED) is 0.307. The van der Waals surface area contributed by atoms with Gasteiger partial charge in [0.05, 0.1) is 0 Å². The number of fused-ring (bicyclic) bond motifs is 5. The lowest BCUT2D eigenvalue weighted by Crippen LogP contribution is -1.97. The second kappa shape index (κ2) is 7.19. The van der Waals surface area contributed by atoms with E-state index in [0.29, 0.717) is 0 Å². The minimum absolute atomic E-state index is 1.06. The fraction of sp³-hybridized carbons (Fsp3) is 0.241. The van der Waals surface area contributed by atoms with E-state index in [9.17, 15) is 0 Å². The Morgan fingerprint density at radius 3 is 2.34 bits per heavy atom. The highest BCUT2D eigenvalue weighted by Crippen LogP contribution is 2.41. The van der Waals surface area contributed by atoms with Crippen LogP contribution in [0.25, 0.3) is 21.9 Å². The van der Waals surface area contributed by atoms with Gasteiger partial charge in [0.2, 0.25) is 0 Å². The summed E-state index contributed by atoms with van der Waals surface area (Å²) in [4.78, 5) is 0. The van der Waals surface area contributed by atoms with Gasteiger partial charge in [0.1, 0.15) is 0 Å². The smallest absolute Gasteiger partial charge is 0.000718 e. The third-order valence-electron chi connectivity index (χ3n) is 6.54. The van der Waals surface area contributed by atoms with Crippen molar-refractivity contribution >= 4 is 10.8 Å². The van der Waals surface area contributed by atoms with Gasteiger partial charge in [0, 0.05) is 0 Å². The lowest BCUT2D eigenvalue weighted by molar-refractivity contribution is 0.927. The summed E-state index contributed by atoms with van der Waals surface area (Å²) in [6, 6.07) is 25.5. The molecule has 4 aromatic rings. The van der Waals surface area contributed by atoms with E-state index >= 15 is 0 Å². The van der Waals surface area contributed by atoms with Crippen LogP contribution >= 0.6 is 0 Å². The first-order valence-corrected chi connectivity index (χ1v) is 10.8. The Morgan fingerprint density at radius 2 is 1.48 bits per heavy atom. The molecular weight excluding hydrogens is 348 g/mol. The van der Waals surface area contributed by atoms with E-state index in [2.05, 4.69) is 87.5 Å². The summed E-state index contributed by atoms with van der Waals surface area (Å²) in [6.45, 7) is 6.62. The molecule has 0 saturated heterocycles. The first kappa shape index (κ1) is 18.2. The summed E-state index contributed by atoms with van der Waals surface area (Å²) in [6.07, 6.45) is 4.41. The van der Waals surface area contributed by atoms with Gasteiger partial charge in [-0.15, -0.1) is 0 Å². The minimum atomic E-state index is 1.06. The molecule has 0 aromatic heterocycles. The molecule has 0 bridgehead atoms. The van der Waals surface area contributed by atoms with Crippen LogP contribution in [0.1, 0.15) is 45.9 Å². The maximum atomic E-state index is 2.45. The molecule has 0 amide bonds. The third-order valence-corrected chi connectivity index (χ3v) is 6.54. The molecular formula is C29H28. The van der Waals surface area contributed by atoms with Crippen LogP contribution in [0.5, 0.6) is 0 Å². The second-order valence-corrected chi connectivity index (χ2v) is 8.61. The molecule has 0 spiro atoms. The summed E-state index contributed by atoms with van der Waals surface area (Å²) < 4.78 is 0. The lowest BCUT2D eigenvalue weighted by atomic mass is 9.95. The first-order valence-electron chi connectivity index (χ1n) is 10.8. The van der Waals surface area contributed by atoms with Gasteiger partial charge in [-0.25, -0.2) is 0 Å². The van der Waals surface area contributed by atoms with E-state index < -0.39 is 0 Å². The molecule has 0 nitrogen and oxygen atoms in total. The normalized spacial score (nSPS) is 12.2. The van der Waals surface area contributed by atoms with E-state index in [1.165, 1.54) is 60.8 Å². The Morgan fingerprint density at radius 1 is 0.690 bits per heavy atom. The monoisotopic (exact) mass is 376 g/mol. The standard InChI is InChI=1S/C29H28/c1-4-22-15-19(2)5-9-23(22)10-7-21-8-13-27-25(17-21)18-29-26-12-6-20(3)16-24(26)11-14-28(27)29/h5-6,8-9,11-17H,4,7,10,18H2,1-3H3. The van der Waals surface area contributed by atoms with Crippen molar-refractivity contribution in [3.05, 3.63) is 106 Å². The van der Waals surface area contributed by atoms with Crippen molar-refractivity contribution in [1.82, 2.24) is 0 Å². The largest absolute Gasteiger partial charge is 0.0613 e. The van der Waals surface area contributed by atoms with Gasteiger partial charge in [-0.3, -0.25) is 0 Å². The van der Waals surface area contributed by atoms with Crippen LogP contribution in [0, 0.1) is 13.8 Å². The molecule has 1 aliphatic rings. The zero-order chi connectivity index (χ0) is 20.0. The maximum absolute atomic E-state index is 2.45. The van der Waals surface area contributed by atoms with Crippen LogP contribution in [-0.4, -0.2) is 0 Å². The van der Waals surface area contributed by atoms with Gasteiger partial charge >= 0.3 is 0 Å². The first-order chi connectivity index (χ1) is 14.1. The summed E-state index contributed by atoms with van der Waals surface area (Å²) in [7, 11) is 0. The Kier molecular flexibility index (Phi) is 4.51. The predicted octanol–water partition coefficient (Wildman–Crippen LogP) is 7.38. The Hall–Kier alpha value is -2.86. The van der Waals surface area contributed by atoms with E-state index in [-0.39, 0.29) is 0 Å². The van der Waals surface area contributed by atoms with Crippen molar-refractivity contribution in [2.45, 2.75) is 46.5 Å². The van der Waals surface area contributed by atoms with E-state index in [4.69, 9.17) is 0 Å². The van der Waals surface area contributed by atoms with Crippen LogP contribution in [0.2, 0.25) is 0 Å². The van der Waals surface area contributed by atoms with Crippen molar-refractivity contribution in [2.75, 3.05) is 0 Å². The lowest BCUT2D eigenvalue weighted by Gasteiger charge is -2.10. The molecule has 29 heavy (non-hydrogen) atoms. The molecule has 0 aliphatic heterocycles. The fourth-order valence-corrected chi connectivity index (χ4v) is 4.97. The molecule has 0 unspecified atom stereocenters. The minimum Gasteiger partial charge on any atom is -0.0613 e. The van der Waals surface area contributed by atoms with Crippen LogP contribution in [-0.2, 0) is 25.7 Å². The fourth-order valence-electron chi connectivity index (χ4n) is 4.97. The molecule has 0 heterocycles. The Labute approximate surface area is 174 Å². The highest BCUT2D eigenvalue weighted by atomic mass is 14.2. The summed E-state index contributed by atoms with van der Waals surface area (Å²) >= 11 is 0. The van der Waals surface area contributed by atoms with Crippen molar-refractivity contribution in [3.8, 4) is 11.1 Å². The molecule has 0 N–H and O–H groups in total. The summed E-state index contributed by atoms with van der Waals surface area (Å²) in [5.74, 6) is 0. The third kappa shape index (κ3) is 3.27. The SMILES string of the molecule is CCc1cc(C)ccc1CCc1ccc2c(c1)Cc1c-2ccc2cc(C)ccc12. The maximum Gasteiger partial charge on any atom is -0.000718 e. The van der Waals surface area contributed by atoms with Crippen LogP contribution in [0.15, 0.2) is 66.7 Å². The van der Waals surface area contributed by atoms with E-state index in [1.807, 2.05) is 0 Å². The van der Waals surface area contributed by atoms with Crippen molar-refractivity contribution in [2.24, 2.45) is 0 Å². The average molecular weight is 377 g/mol. The predicted molar refractivity (Wildman–Crippen MR) is 125 cm³/mol. The number of benzene rings is 4. The number of hydrogen-bond acceptors (Lipinski definition) is 0. The molecule has 0 atom stereocenters. The summed E-state index contributed by atoms with van der Waals surface area (Å²) in [5, 5.41) is 2.78. The topological polar surface area (TPSA) is 0 Å². The van der Waals surface area contributed by atoms with E-state index in [0.717, 1.165) is 25.7 Å². The van der Waals surface area contributed by atoms with Crippen LogP contribution in [0.3, 0.4) is 0 Å². The molecule has 1 aliphatic carbocycles. The van der Waals surface area contributed by atoms with Crippen LogP contribution in [0.4, 0.5) is 0 Å². The molecule has 0 fully saturated rings. The number of hydrogen-bond donors (Lipinski definition) is 0. The molecule has 4 aromatic carbocycles. The van der Waals surface area contributed by atoms with Gasteiger partial charge < -0.3 is 0 Å². The van der Waals surface area contributed by atoms with E-state index in [1.54, 1.807) is 0 Å². The number of rotatable bonds is 4. The van der Waals surface area contributed by atoms with Crippen molar-refractivity contribution in [3.63, 3.8) is 0 Å². The second-order valence-electron chi connectivity index (χ2n) is 8.61. The van der Waals surface area contributed by atoms with Gasteiger partial charge in [-0.2, -0.15) is 0 Å². The molecule has 0 saturated carbocycles. The molecule has 144 valence electrons. The Balaban J connectivity index is 1.43. The highest BCUT2D eigenvalue weighted by Gasteiger charge is 2.20. The van der Waals surface area contributed by atoms with Gasteiger partial charge in [0.15, 0.2) is 0 Å². The van der Waals surface area contributed by atoms with Gasteiger partial charge in [0.25, 0.3) is 0 Å². The van der Waals surface area contributed by atoms with Gasteiger partial charge in [-0.1, -0.05) is 84.8 Å². The van der Waals surface area contributed by atoms with Gasteiger partial charge in [-0.05, 0) is 89.2 Å². The average Bonchev–Trinajstić information content (AvgIpc) is 3.10. The number of aryl methyl sites for hydroxylation is 5. The van der Waals surface area contributed by atoms with Crippen molar-refractivity contribution < 1.29 is 0 Å². The zero-order valence-corrected chi connectivity index (χ0v) is 17.7. The van der Waals surface area contributed by atoms with Crippen LogP contribution < -0.4 is 0 Å². The highest BCUT2D eigenvalue weighted by molar-refractivity contribution is 5.95. The van der Waals surface area contributed by atoms with Crippen molar-refractivity contribution in [1.29, 1.82) is 0 Å². The molecule has 0 radical (unpaired) electrons. The molecule has 0 heteroatoms. The molecule has 5 rings (SSSR count).